The summed E-state index contributed by atoms with van der Waals surface area (Å²) < 4.78 is 26.1. The number of rotatable bonds is 4. The lowest BCUT2D eigenvalue weighted by atomic mass is 10.0. The molecule has 3 aromatic rings. The molecule has 0 amide bonds. The van der Waals surface area contributed by atoms with Gasteiger partial charge in [-0.25, -0.2) is 4.68 Å². The average Bonchev–Trinajstić information content (AvgIpc) is 3.11. The molecule has 0 unspecified atom stereocenters. The van der Waals surface area contributed by atoms with Crippen LogP contribution in [0.1, 0.15) is 17.7 Å². The second-order valence-electron chi connectivity index (χ2n) is 5.08. The van der Waals surface area contributed by atoms with E-state index in [2.05, 4.69) is 16.2 Å². The molecule has 0 aliphatic heterocycles. The predicted molar refractivity (Wildman–Crippen MR) is 84.8 cm³/mol. The monoisotopic (exact) mass is 325 g/mol. The lowest BCUT2D eigenvalue weighted by molar-refractivity contribution is 0.0568. The van der Waals surface area contributed by atoms with Gasteiger partial charge in [0, 0.05) is 30.1 Å². The van der Waals surface area contributed by atoms with E-state index < -0.39 is 6.55 Å². The Morgan fingerprint density at radius 3 is 2.50 bits per heavy atom. The van der Waals surface area contributed by atoms with Crippen LogP contribution in [0.2, 0.25) is 0 Å². The fraction of sp³-hybridized carbons (Fsp3) is 0.118. The maximum atomic E-state index is 12.7. The minimum atomic E-state index is -2.69. The van der Waals surface area contributed by atoms with Gasteiger partial charge in [-0.15, -0.1) is 0 Å². The summed E-state index contributed by atoms with van der Waals surface area (Å²) >= 11 is 0. The molecule has 5 nitrogen and oxygen atoms in total. The van der Waals surface area contributed by atoms with E-state index in [-0.39, 0.29) is 6.54 Å². The number of aromatic nitrogens is 3. The van der Waals surface area contributed by atoms with Gasteiger partial charge in [-0.3, -0.25) is 4.98 Å². The van der Waals surface area contributed by atoms with Crippen LogP contribution in [0, 0.1) is 11.3 Å². The molecule has 0 saturated carbocycles. The van der Waals surface area contributed by atoms with Crippen LogP contribution < -0.4 is 5.73 Å². The van der Waals surface area contributed by atoms with Crippen LogP contribution in [0.4, 0.5) is 8.78 Å². The van der Waals surface area contributed by atoms with E-state index in [1.54, 1.807) is 36.5 Å². The van der Waals surface area contributed by atoms with Gasteiger partial charge in [0.05, 0.1) is 23.0 Å². The zero-order chi connectivity index (χ0) is 17.1. The van der Waals surface area contributed by atoms with Gasteiger partial charge in [0.1, 0.15) is 0 Å². The Hall–Kier alpha value is -3.11. The number of alkyl halides is 2. The van der Waals surface area contributed by atoms with Crippen molar-refractivity contribution in [3.05, 3.63) is 59.9 Å². The molecule has 0 radical (unpaired) electrons. The second-order valence-corrected chi connectivity index (χ2v) is 5.08. The van der Waals surface area contributed by atoms with Crippen molar-refractivity contribution in [1.29, 1.82) is 5.26 Å². The highest BCUT2D eigenvalue weighted by Crippen LogP contribution is 2.27. The van der Waals surface area contributed by atoms with Crippen molar-refractivity contribution in [1.82, 2.24) is 14.8 Å². The van der Waals surface area contributed by atoms with Gasteiger partial charge < -0.3 is 5.73 Å². The first-order chi connectivity index (χ1) is 11.6. The standard InChI is InChI=1S/C17H13F2N5/c18-17(19)24-6-5-15(23-24)14-7-16(22-10-13(14)9-21)12-3-1-11(8-20)2-4-12/h1-7,10,17H,9,21H2. The largest absolute Gasteiger partial charge is 0.333 e. The predicted octanol–water partition coefficient (Wildman–Crippen LogP) is 3.34. The summed E-state index contributed by atoms with van der Waals surface area (Å²) in [6.45, 7) is -2.47. The molecule has 2 aromatic heterocycles. The minimum absolute atomic E-state index is 0.220. The number of nitrogens with two attached hydrogens (primary N) is 1. The van der Waals surface area contributed by atoms with Crippen LogP contribution in [-0.4, -0.2) is 14.8 Å². The molecule has 1 aromatic carbocycles. The molecule has 0 bridgehead atoms. The Balaban J connectivity index is 2.05. The number of halogens is 2. The van der Waals surface area contributed by atoms with Crippen molar-refractivity contribution in [2.75, 3.05) is 0 Å². The Bertz CT molecular complexity index is 894. The third kappa shape index (κ3) is 3.00. The summed E-state index contributed by atoms with van der Waals surface area (Å²) in [7, 11) is 0. The Morgan fingerprint density at radius 1 is 1.17 bits per heavy atom. The topological polar surface area (TPSA) is 80.5 Å². The maximum Gasteiger partial charge on any atom is 0.333 e. The summed E-state index contributed by atoms with van der Waals surface area (Å²) in [5.41, 5.74) is 9.52. The lowest BCUT2D eigenvalue weighted by Crippen LogP contribution is -2.02. The lowest BCUT2D eigenvalue weighted by Gasteiger charge is -2.08. The van der Waals surface area contributed by atoms with E-state index in [9.17, 15) is 8.78 Å². The van der Waals surface area contributed by atoms with E-state index in [4.69, 9.17) is 11.0 Å². The van der Waals surface area contributed by atoms with Crippen LogP contribution in [0.5, 0.6) is 0 Å². The van der Waals surface area contributed by atoms with E-state index in [0.717, 1.165) is 5.56 Å². The molecule has 2 heterocycles. The van der Waals surface area contributed by atoms with E-state index in [1.807, 2.05) is 0 Å². The van der Waals surface area contributed by atoms with Gasteiger partial charge in [-0.1, -0.05) is 12.1 Å². The van der Waals surface area contributed by atoms with Crippen LogP contribution in [0.3, 0.4) is 0 Å². The highest BCUT2D eigenvalue weighted by Gasteiger charge is 2.13. The summed E-state index contributed by atoms with van der Waals surface area (Å²) in [6, 6.07) is 12.3. The fourth-order valence-electron chi connectivity index (χ4n) is 2.35. The van der Waals surface area contributed by atoms with E-state index in [1.165, 1.54) is 12.3 Å². The summed E-state index contributed by atoms with van der Waals surface area (Å²) in [5.74, 6) is 0. The molecule has 0 fully saturated rings. The first kappa shape index (κ1) is 15.8. The molecule has 120 valence electrons. The zero-order valence-electron chi connectivity index (χ0n) is 12.5. The molecular formula is C17H13F2N5. The molecule has 0 saturated heterocycles. The van der Waals surface area contributed by atoms with Crippen LogP contribution >= 0.6 is 0 Å². The zero-order valence-corrected chi connectivity index (χ0v) is 12.5. The number of benzene rings is 1. The highest BCUT2D eigenvalue weighted by atomic mass is 19.3. The highest BCUT2D eigenvalue weighted by molar-refractivity contribution is 5.71. The molecule has 0 atom stereocenters. The van der Waals surface area contributed by atoms with Gasteiger partial charge in [-0.2, -0.15) is 19.1 Å². The smallest absolute Gasteiger partial charge is 0.326 e. The van der Waals surface area contributed by atoms with Gasteiger partial charge in [0.25, 0.3) is 0 Å². The van der Waals surface area contributed by atoms with Crippen molar-refractivity contribution in [3.8, 4) is 28.6 Å². The van der Waals surface area contributed by atoms with Crippen molar-refractivity contribution in [3.63, 3.8) is 0 Å². The Kier molecular flexibility index (Phi) is 4.31. The first-order valence-corrected chi connectivity index (χ1v) is 7.15. The summed E-state index contributed by atoms with van der Waals surface area (Å²) in [5, 5.41) is 12.7. The quantitative estimate of drug-likeness (QED) is 0.798. The molecule has 2 N–H and O–H groups in total. The van der Waals surface area contributed by atoms with Crippen molar-refractivity contribution in [2.45, 2.75) is 13.1 Å². The van der Waals surface area contributed by atoms with Crippen LogP contribution in [-0.2, 0) is 6.54 Å². The Labute approximate surface area is 137 Å². The van der Waals surface area contributed by atoms with Gasteiger partial charge in [0.15, 0.2) is 0 Å². The molecule has 0 aliphatic rings. The Morgan fingerprint density at radius 2 is 1.92 bits per heavy atom. The molecule has 0 spiro atoms. The molecule has 24 heavy (non-hydrogen) atoms. The number of hydrogen-bond acceptors (Lipinski definition) is 4. The van der Waals surface area contributed by atoms with Crippen LogP contribution in [0.15, 0.2) is 48.8 Å². The number of nitrogens with zero attached hydrogens (tertiary/aromatic N) is 4. The normalized spacial score (nSPS) is 10.8. The van der Waals surface area contributed by atoms with Crippen molar-refractivity contribution < 1.29 is 8.78 Å². The first-order valence-electron chi connectivity index (χ1n) is 7.15. The van der Waals surface area contributed by atoms with Crippen LogP contribution in [0.25, 0.3) is 22.5 Å². The van der Waals surface area contributed by atoms with Gasteiger partial charge in [0.2, 0.25) is 0 Å². The molecule has 0 aliphatic carbocycles. The third-order valence-corrected chi connectivity index (χ3v) is 3.60. The van der Waals surface area contributed by atoms with Gasteiger partial charge in [-0.05, 0) is 29.8 Å². The molecule has 7 heteroatoms. The maximum absolute atomic E-state index is 12.7. The van der Waals surface area contributed by atoms with E-state index >= 15 is 0 Å². The van der Waals surface area contributed by atoms with Gasteiger partial charge >= 0.3 is 6.55 Å². The summed E-state index contributed by atoms with van der Waals surface area (Å²) in [4.78, 5) is 4.36. The van der Waals surface area contributed by atoms with Crippen molar-refractivity contribution >= 4 is 0 Å². The third-order valence-electron chi connectivity index (χ3n) is 3.60. The molecule has 3 rings (SSSR count). The average molecular weight is 325 g/mol. The number of hydrogen-bond donors (Lipinski definition) is 1. The summed E-state index contributed by atoms with van der Waals surface area (Å²) in [6.07, 6.45) is 2.84. The number of pyridine rings is 1. The number of nitriles is 1. The second kappa shape index (κ2) is 6.56. The fourth-order valence-corrected chi connectivity index (χ4v) is 2.35. The minimum Gasteiger partial charge on any atom is -0.326 e. The van der Waals surface area contributed by atoms with Crippen molar-refractivity contribution in [2.24, 2.45) is 5.73 Å². The molecular weight excluding hydrogens is 312 g/mol. The SMILES string of the molecule is N#Cc1ccc(-c2cc(-c3ccn(C(F)F)n3)c(CN)cn2)cc1. The van der Waals surface area contributed by atoms with E-state index in [0.29, 0.717) is 32.8 Å².